The van der Waals surface area contributed by atoms with E-state index in [-0.39, 0.29) is 5.97 Å². The third-order valence-electron chi connectivity index (χ3n) is 2.96. The van der Waals surface area contributed by atoms with Crippen LogP contribution in [0.5, 0.6) is 0 Å². The highest BCUT2D eigenvalue weighted by molar-refractivity contribution is 7.13. The molecule has 0 bridgehead atoms. The van der Waals surface area contributed by atoms with Crippen LogP contribution in [0.2, 0.25) is 0 Å². The molecule has 0 radical (unpaired) electrons. The zero-order valence-electron chi connectivity index (χ0n) is 13.0. The molecule has 7 heteroatoms. The van der Waals surface area contributed by atoms with Gasteiger partial charge in [0.25, 0.3) is 0 Å². The Kier molecular flexibility index (Phi) is 8.96. The SMILES string of the molecule is COCCCN(CCOC)c1nc(CCC(=O)OC)cs1. The summed E-state index contributed by atoms with van der Waals surface area (Å²) < 4.78 is 14.9. The third kappa shape index (κ3) is 6.88. The van der Waals surface area contributed by atoms with Crippen molar-refractivity contribution in [2.45, 2.75) is 19.3 Å². The van der Waals surface area contributed by atoms with Crippen molar-refractivity contribution >= 4 is 22.4 Å². The monoisotopic (exact) mass is 316 g/mol. The molecule has 0 N–H and O–H groups in total. The van der Waals surface area contributed by atoms with Gasteiger partial charge in [-0.1, -0.05) is 0 Å². The lowest BCUT2D eigenvalue weighted by Gasteiger charge is -2.21. The fourth-order valence-corrected chi connectivity index (χ4v) is 2.71. The fourth-order valence-electron chi connectivity index (χ4n) is 1.79. The maximum atomic E-state index is 11.2. The molecule has 0 aliphatic heterocycles. The molecule has 0 aromatic carbocycles. The summed E-state index contributed by atoms with van der Waals surface area (Å²) >= 11 is 1.59. The normalized spacial score (nSPS) is 10.6. The summed E-state index contributed by atoms with van der Waals surface area (Å²) in [5.74, 6) is -0.208. The minimum atomic E-state index is -0.208. The summed E-state index contributed by atoms with van der Waals surface area (Å²) in [5, 5.41) is 2.96. The molecule has 6 nitrogen and oxygen atoms in total. The second kappa shape index (κ2) is 10.5. The first kappa shape index (κ1) is 17.9. The molecule has 0 saturated heterocycles. The minimum Gasteiger partial charge on any atom is -0.469 e. The van der Waals surface area contributed by atoms with E-state index in [0.29, 0.717) is 19.4 Å². The molecule has 1 heterocycles. The Labute approximate surface area is 130 Å². The molecule has 1 rings (SSSR count). The summed E-state index contributed by atoms with van der Waals surface area (Å²) in [6, 6.07) is 0. The van der Waals surface area contributed by atoms with Gasteiger partial charge in [0.1, 0.15) is 0 Å². The van der Waals surface area contributed by atoms with Gasteiger partial charge in [-0.2, -0.15) is 0 Å². The van der Waals surface area contributed by atoms with Crippen molar-refractivity contribution in [3.63, 3.8) is 0 Å². The number of aryl methyl sites for hydroxylation is 1. The number of carbonyl (C=O) groups excluding carboxylic acids is 1. The molecule has 0 atom stereocenters. The number of methoxy groups -OCH3 is 3. The van der Waals surface area contributed by atoms with Crippen molar-refractivity contribution in [2.24, 2.45) is 0 Å². The fraction of sp³-hybridized carbons (Fsp3) is 0.714. The summed E-state index contributed by atoms with van der Waals surface area (Å²) in [4.78, 5) is 17.9. The van der Waals surface area contributed by atoms with E-state index in [1.807, 2.05) is 5.38 Å². The second-order valence-electron chi connectivity index (χ2n) is 4.52. The summed E-state index contributed by atoms with van der Waals surface area (Å²) in [6.07, 6.45) is 1.91. The number of carbonyl (C=O) groups is 1. The first-order chi connectivity index (χ1) is 10.2. The van der Waals surface area contributed by atoms with Gasteiger partial charge >= 0.3 is 5.97 Å². The Morgan fingerprint density at radius 1 is 1.24 bits per heavy atom. The van der Waals surface area contributed by atoms with Gasteiger partial charge in [-0.25, -0.2) is 4.98 Å². The van der Waals surface area contributed by atoms with E-state index in [0.717, 1.165) is 36.9 Å². The van der Waals surface area contributed by atoms with Gasteiger partial charge in [0.05, 0.1) is 25.8 Å². The van der Waals surface area contributed by atoms with Crippen LogP contribution in [0.1, 0.15) is 18.5 Å². The molecule has 0 spiro atoms. The highest BCUT2D eigenvalue weighted by Crippen LogP contribution is 2.21. The molecule has 0 aliphatic carbocycles. The third-order valence-corrected chi connectivity index (χ3v) is 3.92. The quantitative estimate of drug-likeness (QED) is 0.458. The van der Waals surface area contributed by atoms with Crippen LogP contribution in [-0.2, 0) is 25.4 Å². The van der Waals surface area contributed by atoms with E-state index in [4.69, 9.17) is 9.47 Å². The van der Waals surface area contributed by atoms with Gasteiger partial charge in [-0.3, -0.25) is 4.79 Å². The van der Waals surface area contributed by atoms with Crippen molar-refractivity contribution < 1.29 is 19.0 Å². The second-order valence-corrected chi connectivity index (χ2v) is 5.36. The Morgan fingerprint density at radius 2 is 2.00 bits per heavy atom. The van der Waals surface area contributed by atoms with Crippen molar-refractivity contribution in [2.75, 3.05) is 52.5 Å². The van der Waals surface area contributed by atoms with E-state index < -0.39 is 0 Å². The molecule has 120 valence electrons. The van der Waals surface area contributed by atoms with Crippen molar-refractivity contribution in [1.29, 1.82) is 0 Å². The van der Waals surface area contributed by atoms with Gasteiger partial charge in [0.2, 0.25) is 0 Å². The van der Waals surface area contributed by atoms with E-state index in [1.165, 1.54) is 7.11 Å². The maximum Gasteiger partial charge on any atom is 0.305 e. The molecule has 1 aromatic heterocycles. The highest BCUT2D eigenvalue weighted by atomic mass is 32.1. The van der Waals surface area contributed by atoms with Gasteiger partial charge < -0.3 is 19.1 Å². The number of anilines is 1. The van der Waals surface area contributed by atoms with Crippen molar-refractivity contribution in [1.82, 2.24) is 4.98 Å². The number of ether oxygens (including phenoxy) is 3. The smallest absolute Gasteiger partial charge is 0.305 e. The summed E-state index contributed by atoms with van der Waals surface area (Å²) in [5.41, 5.74) is 0.926. The zero-order chi connectivity index (χ0) is 15.5. The van der Waals surface area contributed by atoms with Crippen LogP contribution in [0.15, 0.2) is 5.38 Å². The maximum absolute atomic E-state index is 11.2. The van der Waals surface area contributed by atoms with Crippen LogP contribution in [0.3, 0.4) is 0 Å². The average Bonchev–Trinajstić information content (AvgIpc) is 2.97. The predicted molar refractivity (Wildman–Crippen MR) is 83.0 cm³/mol. The van der Waals surface area contributed by atoms with E-state index in [9.17, 15) is 4.79 Å². The predicted octanol–water partition coefficient (Wildman–Crippen LogP) is 1.74. The van der Waals surface area contributed by atoms with Crippen LogP contribution in [0, 0.1) is 0 Å². The molecular formula is C14H24N2O4S. The Balaban J connectivity index is 2.56. The molecule has 0 aliphatic rings. The lowest BCUT2D eigenvalue weighted by Crippen LogP contribution is -2.29. The van der Waals surface area contributed by atoms with Gasteiger partial charge in [-0.05, 0) is 6.42 Å². The molecule has 0 fully saturated rings. The van der Waals surface area contributed by atoms with Crippen molar-refractivity contribution in [3.8, 4) is 0 Å². The molecule has 0 unspecified atom stereocenters. The van der Waals surface area contributed by atoms with Gasteiger partial charge in [0, 0.05) is 45.7 Å². The standard InChI is InChI=1S/C14H24N2O4S/c1-18-9-4-7-16(8-10-19-2)14-15-12(11-21-14)5-6-13(17)20-3/h11H,4-10H2,1-3H3. The lowest BCUT2D eigenvalue weighted by atomic mass is 10.2. The summed E-state index contributed by atoms with van der Waals surface area (Å²) in [6.45, 7) is 3.05. The zero-order valence-corrected chi connectivity index (χ0v) is 13.8. The number of rotatable bonds is 11. The van der Waals surface area contributed by atoms with Gasteiger partial charge in [0.15, 0.2) is 5.13 Å². The van der Waals surface area contributed by atoms with Crippen LogP contribution in [0.4, 0.5) is 5.13 Å². The first-order valence-electron chi connectivity index (χ1n) is 6.95. The Bertz CT molecular complexity index is 411. The highest BCUT2D eigenvalue weighted by Gasteiger charge is 2.12. The topological polar surface area (TPSA) is 60.9 Å². The van der Waals surface area contributed by atoms with E-state index >= 15 is 0 Å². The Hall–Kier alpha value is -1.18. The average molecular weight is 316 g/mol. The van der Waals surface area contributed by atoms with Crippen LogP contribution < -0.4 is 4.90 Å². The number of esters is 1. The largest absolute Gasteiger partial charge is 0.469 e. The number of hydrogen-bond donors (Lipinski definition) is 0. The lowest BCUT2D eigenvalue weighted by molar-refractivity contribution is -0.140. The molecule has 0 amide bonds. The number of thiazole rings is 1. The molecule has 1 aromatic rings. The minimum absolute atomic E-state index is 0.208. The summed E-state index contributed by atoms with van der Waals surface area (Å²) in [7, 11) is 4.79. The van der Waals surface area contributed by atoms with Crippen molar-refractivity contribution in [3.05, 3.63) is 11.1 Å². The van der Waals surface area contributed by atoms with Crippen LogP contribution >= 0.6 is 11.3 Å². The van der Waals surface area contributed by atoms with E-state index in [1.54, 1.807) is 25.6 Å². The first-order valence-corrected chi connectivity index (χ1v) is 7.83. The Morgan fingerprint density at radius 3 is 2.67 bits per heavy atom. The number of hydrogen-bond acceptors (Lipinski definition) is 7. The van der Waals surface area contributed by atoms with Crippen LogP contribution in [0.25, 0.3) is 0 Å². The number of nitrogens with zero attached hydrogens (tertiary/aromatic N) is 2. The van der Waals surface area contributed by atoms with E-state index in [2.05, 4.69) is 14.6 Å². The molecule has 21 heavy (non-hydrogen) atoms. The van der Waals surface area contributed by atoms with Gasteiger partial charge in [-0.15, -0.1) is 11.3 Å². The molecular weight excluding hydrogens is 292 g/mol. The molecule has 0 saturated carbocycles. The van der Waals surface area contributed by atoms with Crippen LogP contribution in [-0.4, -0.2) is 58.6 Å². The number of aromatic nitrogens is 1.